The molecule has 0 heterocycles. The summed E-state index contributed by atoms with van der Waals surface area (Å²) in [6.07, 6.45) is 29.4. The normalized spacial score (nSPS) is 14.2. The Labute approximate surface area is 289 Å². The molecule has 0 fully saturated rings. The molecule has 3 unspecified atom stereocenters. The summed E-state index contributed by atoms with van der Waals surface area (Å²) in [5.74, 6) is -2.40. The number of unbranched alkanes of at least 4 members (excludes halogenated alkanes) is 16. The third-order valence-corrected chi connectivity index (χ3v) is 8.64. The van der Waals surface area contributed by atoms with E-state index in [4.69, 9.17) is 13.8 Å². The maximum Gasteiger partial charge on any atom is 0.472 e. The van der Waals surface area contributed by atoms with Crippen molar-refractivity contribution in [3.05, 3.63) is 24.3 Å². The van der Waals surface area contributed by atoms with E-state index in [0.29, 0.717) is 12.8 Å². The lowest BCUT2D eigenvalue weighted by Crippen LogP contribution is -2.43. The number of ether oxygens (including phenoxy) is 1. The van der Waals surface area contributed by atoms with Gasteiger partial charge in [0.1, 0.15) is 12.7 Å². The number of rotatable bonds is 34. The van der Waals surface area contributed by atoms with Crippen molar-refractivity contribution in [1.29, 1.82) is 0 Å². The molecular weight excluding hydrogens is 637 g/mol. The number of carboxylic acid groups (broad SMARTS) is 1. The van der Waals surface area contributed by atoms with Gasteiger partial charge in [0.25, 0.3) is 0 Å². The van der Waals surface area contributed by atoms with Crippen LogP contribution < -0.4 is 5.32 Å². The van der Waals surface area contributed by atoms with Crippen LogP contribution in [0.3, 0.4) is 0 Å². The first-order valence-electron chi connectivity index (χ1n) is 18.4. The van der Waals surface area contributed by atoms with Gasteiger partial charge in [-0.2, -0.15) is 0 Å². The van der Waals surface area contributed by atoms with Crippen molar-refractivity contribution in [3.63, 3.8) is 0 Å². The van der Waals surface area contributed by atoms with Gasteiger partial charge in [-0.3, -0.25) is 18.6 Å². The van der Waals surface area contributed by atoms with E-state index in [1.54, 1.807) is 0 Å². The molecule has 280 valence electrons. The van der Waals surface area contributed by atoms with Crippen molar-refractivity contribution < 1.29 is 47.8 Å². The summed E-state index contributed by atoms with van der Waals surface area (Å²) in [6, 6.07) is -1.55. The molecule has 1 amide bonds. The molecule has 0 aliphatic carbocycles. The van der Waals surface area contributed by atoms with Crippen LogP contribution in [-0.2, 0) is 32.7 Å². The summed E-state index contributed by atoms with van der Waals surface area (Å²) < 4.78 is 26.6. The van der Waals surface area contributed by atoms with Crippen molar-refractivity contribution in [2.75, 3.05) is 19.8 Å². The van der Waals surface area contributed by atoms with Crippen LogP contribution in [0, 0.1) is 0 Å². The fourth-order valence-corrected chi connectivity index (χ4v) is 5.55. The molecule has 4 N–H and O–H groups in total. The number of nitrogens with one attached hydrogen (secondary N) is 1. The van der Waals surface area contributed by atoms with Crippen LogP contribution in [0.1, 0.15) is 155 Å². The van der Waals surface area contributed by atoms with Crippen LogP contribution in [0.15, 0.2) is 24.3 Å². The first-order chi connectivity index (χ1) is 23.1. The Hall–Kier alpha value is -2.04. The third-order valence-electron chi connectivity index (χ3n) is 7.69. The van der Waals surface area contributed by atoms with Crippen LogP contribution in [0.2, 0.25) is 0 Å². The van der Waals surface area contributed by atoms with Gasteiger partial charge in [-0.15, -0.1) is 0 Å². The molecule has 12 heteroatoms. The minimum Gasteiger partial charge on any atom is -0.480 e. The Balaban J connectivity index is 3.98. The van der Waals surface area contributed by atoms with Gasteiger partial charge < -0.3 is 25.2 Å². The Kier molecular flexibility index (Phi) is 30.8. The largest absolute Gasteiger partial charge is 0.480 e. The number of hydrogen-bond donors (Lipinski definition) is 4. The summed E-state index contributed by atoms with van der Waals surface area (Å²) in [6.45, 7) is 2.47. The number of carbonyl (C=O) groups excluding carboxylic acids is 2. The maximum absolute atomic E-state index is 12.2. The van der Waals surface area contributed by atoms with Crippen LogP contribution in [0.25, 0.3) is 0 Å². The number of aliphatic carboxylic acids is 1. The lowest BCUT2D eigenvalue weighted by Gasteiger charge is -2.18. The van der Waals surface area contributed by atoms with E-state index in [-0.39, 0.29) is 12.8 Å². The third kappa shape index (κ3) is 31.2. The van der Waals surface area contributed by atoms with Gasteiger partial charge in [0.15, 0.2) is 6.04 Å². The van der Waals surface area contributed by atoms with Crippen LogP contribution in [0.5, 0.6) is 0 Å². The summed E-state index contributed by atoms with van der Waals surface area (Å²) in [5, 5.41) is 21.7. The fourth-order valence-electron chi connectivity index (χ4n) is 4.78. The number of esters is 1. The quantitative estimate of drug-likeness (QED) is 0.0221. The summed E-state index contributed by atoms with van der Waals surface area (Å²) >= 11 is 0. The van der Waals surface area contributed by atoms with Crippen molar-refractivity contribution in [2.45, 2.75) is 167 Å². The van der Waals surface area contributed by atoms with Gasteiger partial charge in [0, 0.05) is 12.8 Å². The van der Waals surface area contributed by atoms with E-state index in [2.05, 4.69) is 43.5 Å². The highest BCUT2D eigenvalue weighted by Crippen LogP contribution is 2.43. The average molecular weight is 704 g/mol. The number of carboxylic acids is 1. The second-order valence-electron chi connectivity index (χ2n) is 12.4. The van der Waals surface area contributed by atoms with Crippen molar-refractivity contribution >= 4 is 25.7 Å². The molecule has 0 saturated carbocycles. The van der Waals surface area contributed by atoms with E-state index in [1.807, 2.05) is 0 Å². The highest BCUT2D eigenvalue weighted by molar-refractivity contribution is 7.47. The molecular formula is C36H66NO10P. The van der Waals surface area contributed by atoms with Gasteiger partial charge in [0.2, 0.25) is 5.91 Å². The fraction of sp³-hybridized carbons (Fsp3) is 0.806. The molecule has 0 aliphatic heterocycles. The monoisotopic (exact) mass is 703 g/mol. The summed E-state index contributed by atoms with van der Waals surface area (Å²) in [5.41, 5.74) is 0. The molecule has 0 aromatic heterocycles. The van der Waals surface area contributed by atoms with Gasteiger partial charge in [-0.1, -0.05) is 109 Å². The molecule has 0 rings (SSSR count). The SMILES string of the molecule is CCC/C=C\CCCCCCCC(=O)NC(COP(=O)(O)OCC(O)COC(=O)CCCCCCC/C=C\CCCCCCC)C(=O)O. The maximum atomic E-state index is 12.2. The van der Waals surface area contributed by atoms with Crippen LogP contribution in [0.4, 0.5) is 0 Å². The molecule has 0 aromatic carbocycles. The number of amides is 1. The number of hydrogen-bond acceptors (Lipinski definition) is 8. The molecule has 11 nitrogen and oxygen atoms in total. The van der Waals surface area contributed by atoms with E-state index in [0.717, 1.165) is 83.5 Å². The topological polar surface area (TPSA) is 169 Å². The highest BCUT2D eigenvalue weighted by atomic mass is 31.2. The predicted octanol–water partition coefficient (Wildman–Crippen LogP) is 8.33. The van der Waals surface area contributed by atoms with Gasteiger partial charge in [-0.05, 0) is 57.8 Å². The second-order valence-corrected chi connectivity index (χ2v) is 13.9. The number of phosphoric ester groups is 1. The van der Waals surface area contributed by atoms with E-state index in [1.165, 1.54) is 32.1 Å². The summed E-state index contributed by atoms with van der Waals surface area (Å²) in [4.78, 5) is 45.5. The average Bonchev–Trinajstić information content (AvgIpc) is 3.05. The first-order valence-corrected chi connectivity index (χ1v) is 19.9. The minimum atomic E-state index is -4.75. The van der Waals surface area contributed by atoms with Crippen LogP contribution in [-0.4, -0.2) is 64.9 Å². The second kappa shape index (κ2) is 32.2. The molecule has 3 atom stereocenters. The molecule has 48 heavy (non-hydrogen) atoms. The van der Waals surface area contributed by atoms with E-state index >= 15 is 0 Å². The molecule has 0 aliphatic rings. The number of allylic oxidation sites excluding steroid dienone is 4. The highest BCUT2D eigenvalue weighted by Gasteiger charge is 2.28. The van der Waals surface area contributed by atoms with E-state index in [9.17, 15) is 34.1 Å². The smallest absolute Gasteiger partial charge is 0.472 e. The van der Waals surface area contributed by atoms with Gasteiger partial charge >= 0.3 is 19.8 Å². The number of phosphoric acid groups is 1. The van der Waals surface area contributed by atoms with Crippen molar-refractivity contribution in [3.8, 4) is 0 Å². The van der Waals surface area contributed by atoms with Crippen molar-refractivity contribution in [2.24, 2.45) is 0 Å². The standard InChI is InChI=1S/C36H66NO10P/c1-3-5-7-9-11-13-15-16-17-18-20-22-24-26-28-35(40)45-29-32(38)30-46-48(43,44)47-31-33(36(41)42)37-34(39)27-25-23-21-19-14-12-10-8-6-4-2/h8,10,15-16,32-33,38H,3-7,9,11-14,17-31H2,1-2H3,(H,37,39)(H,41,42)(H,43,44)/b10-8-,16-15-. The minimum absolute atomic E-state index is 0.135. The first kappa shape index (κ1) is 46.0. The molecule has 0 aromatic rings. The zero-order valence-electron chi connectivity index (χ0n) is 29.8. The number of aliphatic hydroxyl groups excluding tert-OH is 1. The lowest BCUT2D eigenvalue weighted by molar-refractivity contribution is -0.147. The number of aliphatic hydroxyl groups is 1. The summed E-state index contributed by atoms with van der Waals surface area (Å²) in [7, 11) is -4.75. The Morgan fingerprint density at radius 1 is 0.646 bits per heavy atom. The molecule has 0 bridgehead atoms. The van der Waals surface area contributed by atoms with Gasteiger partial charge in [-0.25, -0.2) is 9.36 Å². The molecule has 0 radical (unpaired) electrons. The zero-order chi connectivity index (χ0) is 35.7. The van der Waals surface area contributed by atoms with Crippen LogP contribution >= 0.6 is 7.82 Å². The predicted molar refractivity (Wildman–Crippen MR) is 189 cm³/mol. The zero-order valence-corrected chi connectivity index (χ0v) is 30.7. The Bertz CT molecular complexity index is 926. The Morgan fingerprint density at radius 2 is 1.12 bits per heavy atom. The lowest BCUT2D eigenvalue weighted by atomic mass is 10.1. The number of carbonyl (C=O) groups is 3. The van der Waals surface area contributed by atoms with Gasteiger partial charge in [0.05, 0.1) is 13.2 Å². The Morgan fingerprint density at radius 3 is 1.67 bits per heavy atom. The van der Waals surface area contributed by atoms with Crippen molar-refractivity contribution in [1.82, 2.24) is 5.32 Å². The molecule has 0 spiro atoms. The van der Waals surface area contributed by atoms with E-state index < -0.39 is 57.6 Å². The molecule has 0 saturated heterocycles.